The van der Waals surface area contributed by atoms with E-state index in [1.807, 2.05) is 24.1 Å². The SMILES string of the molecule is CN(Cc1ccco1)CC(O)COc1ccc([N+](=O)[O-])cc1. The monoisotopic (exact) mass is 306 g/mol. The summed E-state index contributed by atoms with van der Waals surface area (Å²) in [6.07, 6.45) is 0.937. The summed E-state index contributed by atoms with van der Waals surface area (Å²) in [5.74, 6) is 1.31. The van der Waals surface area contributed by atoms with Gasteiger partial charge in [0.05, 0.1) is 17.7 Å². The molecule has 1 N–H and O–H groups in total. The molecular weight excluding hydrogens is 288 g/mol. The predicted octanol–water partition coefficient (Wildman–Crippen LogP) is 2.06. The first kappa shape index (κ1) is 16.0. The van der Waals surface area contributed by atoms with Gasteiger partial charge in [0.25, 0.3) is 5.69 Å². The van der Waals surface area contributed by atoms with Gasteiger partial charge in [-0.05, 0) is 31.3 Å². The summed E-state index contributed by atoms with van der Waals surface area (Å²) in [5, 5.41) is 20.5. The Balaban J connectivity index is 1.74. The number of hydrogen-bond donors (Lipinski definition) is 1. The van der Waals surface area contributed by atoms with Crippen molar-refractivity contribution in [3.05, 3.63) is 58.5 Å². The van der Waals surface area contributed by atoms with Gasteiger partial charge in [-0.25, -0.2) is 0 Å². The van der Waals surface area contributed by atoms with Gasteiger partial charge in [0.15, 0.2) is 0 Å². The molecule has 0 spiro atoms. The van der Waals surface area contributed by atoms with Crippen LogP contribution in [0.5, 0.6) is 5.75 Å². The molecule has 0 aliphatic rings. The number of nitrogens with zero attached hydrogens (tertiary/aromatic N) is 2. The number of ether oxygens (including phenoxy) is 1. The molecule has 0 amide bonds. The van der Waals surface area contributed by atoms with Crippen molar-refractivity contribution in [1.29, 1.82) is 0 Å². The number of aliphatic hydroxyl groups excluding tert-OH is 1. The summed E-state index contributed by atoms with van der Waals surface area (Å²) in [4.78, 5) is 12.0. The largest absolute Gasteiger partial charge is 0.491 e. The van der Waals surface area contributed by atoms with Crippen molar-refractivity contribution >= 4 is 5.69 Å². The van der Waals surface area contributed by atoms with E-state index in [9.17, 15) is 15.2 Å². The maximum absolute atomic E-state index is 10.5. The molecule has 1 unspecified atom stereocenters. The zero-order valence-corrected chi connectivity index (χ0v) is 12.2. The second-order valence-electron chi connectivity index (χ2n) is 4.99. The molecular formula is C15H18N2O5. The van der Waals surface area contributed by atoms with Gasteiger partial charge < -0.3 is 14.3 Å². The Labute approximate surface area is 127 Å². The smallest absolute Gasteiger partial charge is 0.269 e. The minimum absolute atomic E-state index is 0.00563. The molecule has 7 nitrogen and oxygen atoms in total. The van der Waals surface area contributed by atoms with Gasteiger partial charge in [0.1, 0.15) is 24.2 Å². The fourth-order valence-electron chi connectivity index (χ4n) is 2.00. The molecule has 1 heterocycles. The van der Waals surface area contributed by atoms with Gasteiger partial charge >= 0.3 is 0 Å². The molecule has 0 aliphatic heterocycles. The van der Waals surface area contributed by atoms with Gasteiger partial charge in [-0.15, -0.1) is 0 Å². The number of benzene rings is 1. The van der Waals surface area contributed by atoms with Crippen LogP contribution >= 0.6 is 0 Å². The first-order valence-corrected chi connectivity index (χ1v) is 6.81. The summed E-state index contributed by atoms with van der Waals surface area (Å²) in [6.45, 7) is 1.13. The third kappa shape index (κ3) is 4.87. The Morgan fingerprint density at radius 3 is 2.68 bits per heavy atom. The van der Waals surface area contributed by atoms with Gasteiger partial charge in [-0.1, -0.05) is 0 Å². The lowest BCUT2D eigenvalue weighted by molar-refractivity contribution is -0.384. The van der Waals surface area contributed by atoms with E-state index in [1.54, 1.807) is 6.26 Å². The lowest BCUT2D eigenvalue weighted by Crippen LogP contribution is -2.32. The number of aliphatic hydroxyl groups is 1. The van der Waals surface area contributed by atoms with Crippen molar-refractivity contribution in [3.8, 4) is 5.75 Å². The lowest BCUT2D eigenvalue weighted by Gasteiger charge is -2.19. The first-order valence-electron chi connectivity index (χ1n) is 6.81. The topological polar surface area (TPSA) is 89.0 Å². The van der Waals surface area contributed by atoms with E-state index in [4.69, 9.17) is 9.15 Å². The van der Waals surface area contributed by atoms with Crippen molar-refractivity contribution in [1.82, 2.24) is 4.90 Å². The molecule has 0 bridgehead atoms. The molecule has 0 radical (unpaired) electrons. The van der Waals surface area contributed by atoms with E-state index < -0.39 is 11.0 Å². The normalized spacial score (nSPS) is 12.3. The Hall–Kier alpha value is -2.38. The highest BCUT2D eigenvalue weighted by molar-refractivity contribution is 5.35. The number of non-ortho nitro benzene ring substituents is 1. The summed E-state index contributed by atoms with van der Waals surface area (Å²) < 4.78 is 10.7. The van der Waals surface area contributed by atoms with Crippen LogP contribution in [0, 0.1) is 10.1 Å². The minimum Gasteiger partial charge on any atom is -0.491 e. The zero-order valence-electron chi connectivity index (χ0n) is 12.2. The van der Waals surface area contributed by atoms with Crippen molar-refractivity contribution < 1.29 is 19.2 Å². The Bertz CT molecular complexity index is 582. The van der Waals surface area contributed by atoms with Gasteiger partial charge in [0.2, 0.25) is 0 Å². The van der Waals surface area contributed by atoms with Crippen LogP contribution in [0.1, 0.15) is 5.76 Å². The highest BCUT2D eigenvalue weighted by Crippen LogP contribution is 2.17. The Morgan fingerprint density at radius 2 is 2.09 bits per heavy atom. The fourth-order valence-corrected chi connectivity index (χ4v) is 2.00. The number of nitro groups is 1. The first-order chi connectivity index (χ1) is 10.5. The third-order valence-corrected chi connectivity index (χ3v) is 3.02. The number of likely N-dealkylation sites (N-methyl/N-ethyl adjacent to an activating group) is 1. The van der Waals surface area contributed by atoms with Crippen molar-refractivity contribution in [2.45, 2.75) is 12.6 Å². The summed E-state index contributed by atoms with van der Waals surface area (Å²) in [7, 11) is 1.87. The summed E-state index contributed by atoms with van der Waals surface area (Å²) in [6, 6.07) is 9.44. The van der Waals surface area contributed by atoms with E-state index in [1.165, 1.54) is 24.3 Å². The van der Waals surface area contributed by atoms with Crippen molar-refractivity contribution in [2.75, 3.05) is 20.2 Å². The molecule has 7 heteroatoms. The molecule has 1 atom stereocenters. The van der Waals surface area contributed by atoms with Crippen LogP contribution in [0.2, 0.25) is 0 Å². The second kappa shape index (κ2) is 7.58. The van der Waals surface area contributed by atoms with Crippen molar-refractivity contribution in [2.24, 2.45) is 0 Å². The van der Waals surface area contributed by atoms with Crippen LogP contribution in [0.4, 0.5) is 5.69 Å². The maximum atomic E-state index is 10.5. The fraction of sp³-hybridized carbons (Fsp3) is 0.333. The maximum Gasteiger partial charge on any atom is 0.269 e. The van der Waals surface area contributed by atoms with Crippen LogP contribution in [-0.4, -0.2) is 41.2 Å². The molecule has 1 aromatic heterocycles. The Morgan fingerprint density at radius 1 is 1.36 bits per heavy atom. The number of nitro benzene ring substituents is 1. The molecule has 22 heavy (non-hydrogen) atoms. The molecule has 2 rings (SSSR count). The minimum atomic E-state index is -0.671. The van der Waals surface area contributed by atoms with E-state index in [-0.39, 0.29) is 12.3 Å². The number of rotatable bonds is 8. The number of furan rings is 1. The van der Waals surface area contributed by atoms with Crippen LogP contribution < -0.4 is 4.74 Å². The zero-order chi connectivity index (χ0) is 15.9. The predicted molar refractivity (Wildman–Crippen MR) is 79.6 cm³/mol. The average molecular weight is 306 g/mol. The molecule has 0 saturated heterocycles. The van der Waals surface area contributed by atoms with Crippen LogP contribution in [0.15, 0.2) is 47.1 Å². The van der Waals surface area contributed by atoms with E-state index >= 15 is 0 Å². The standard InChI is InChI=1S/C15H18N2O5/c1-16(10-15-3-2-8-21-15)9-13(18)11-22-14-6-4-12(5-7-14)17(19)20/h2-8,13,18H,9-11H2,1H3. The van der Waals surface area contributed by atoms with Gasteiger partial charge in [-0.2, -0.15) is 0 Å². The molecule has 0 saturated carbocycles. The van der Waals surface area contributed by atoms with E-state index in [0.29, 0.717) is 18.8 Å². The summed E-state index contributed by atoms with van der Waals surface area (Å²) in [5.41, 5.74) is 0.00563. The molecule has 1 aromatic carbocycles. The second-order valence-corrected chi connectivity index (χ2v) is 4.99. The lowest BCUT2D eigenvalue weighted by atomic mass is 10.3. The van der Waals surface area contributed by atoms with Gasteiger partial charge in [0, 0.05) is 18.7 Å². The number of hydrogen-bond acceptors (Lipinski definition) is 6. The molecule has 118 valence electrons. The van der Waals surface area contributed by atoms with Crippen LogP contribution in [0.3, 0.4) is 0 Å². The van der Waals surface area contributed by atoms with E-state index in [0.717, 1.165) is 5.76 Å². The molecule has 2 aromatic rings. The van der Waals surface area contributed by atoms with E-state index in [2.05, 4.69) is 0 Å². The van der Waals surface area contributed by atoms with Crippen LogP contribution in [-0.2, 0) is 6.54 Å². The molecule has 0 fully saturated rings. The quantitative estimate of drug-likeness (QED) is 0.593. The van der Waals surface area contributed by atoms with Crippen molar-refractivity contribution in [3.63, 3.8) is 0 Å². The Kier molecular flexibility index (Phi) is 5.51. The molecule has 0 aliphatic carbocycles. The highest BCUT2D eigenvalue weighted by Gasteiger charge is 2.11. The summed E-state index contributed by atoms with van der Waals surface area (Å²) >= 11 is 0. The third-order valence-electron chi connectivity index (χ3n) is 3.02. The highest BCUT2D eigenvalue weighted by atomic mass is 16.6. The van der Waals surface area contributed by atoms with Gasteiger partial charge in [-0.3, -0.25) is 15.0 Å². The average Bonchev–Trinajstić information content (AvgIpc) is 2.98. The van der Waals surface area contributed by atoms with Crippen LogP contribution in [0.25, 0.3) is 0 Å².